The standard InChI is InChI=1S/C21H17F3N2O4S/c22-21(23,24)30-16-8-6-14(7-9-16)19-25-15(12-31-19)11-18(27)26-17(20(28)29)10-13-4-2-1-3-5-13/h1-9,12,17H,10-11H2,(H,26,27)(H,28,29). The second-order valence-electron chi connectivity index (χ2n) is 6.54. The molecule has 1 amide bonds. The minimum absolute atomic E-state index is 0.121. The minimum Gasteiger partial charge on any atom is -0.480 e. The van der Waals surface area contributed by atoms with Gasteiger partial charge in [-0.15, -0.1) is 24.5 Å². The lowest BCUT2D eigenvalue weighted by Gasteiger charge is -2.14. The molecule has 31 heavy (non-hydrogen) atoms. The Kier molecular flexibility index (Phi) is 6.91. The predicted molar refractivity (Wildman–Crippen MR) is 108 cm³/mol. The van der Waals surface area contributed by atoms with Crippen LogP contribution in [0.25, 0.3) is 10.6 Å². The van der Waals surface area contributed by atoms with E-state index in [9.17, 15) is 27.9 Å². The summed E-state index contributed by atoms with van der Waals surface area (Å²) in [5.74, 6) is -1.98. The molecule has 0 radical (unpaired) electrons. The zero-order valence-electron chi connectivity index (χ0n) is 15.9. The van der Waals surface area contributed by atoms with Crippen molar-refractivity contribution in [2.75, 3.05) is 0 Å². The second kappa shape index (κ2) is 9.61. The number of amides is 1. The van der Waals surface area contributed by atoms with Crippen molar-refractivity contribution < 1.29 is 32.6 Å². The van der Waals surface area contributed by atoms with Crippen LogP contribution in [0.3, 0.4) is 0 Å². The summed E-state index contributed by atoms with van der Waals surface area (Å²) in [7, 11) is 0. The first-order valence-electron chi connectivity index (χ1n) is 9.06. The van der Waals surface area contributed by atoms with Crippen LogP contribution in [0.2, 0.25) is 0 Å². The first-order valence-corrected chi connectivity index (χ1v) is 9.94. The number of benzene rings is 2. The van der Waals surface area contributed by atoms with Gasteiger partial charge in [0.15, 0.2) is 0 Å². The van der Waals surface area contributed by atoms with E-state index in [1.807, 2.05) is 6.07 Å². The molecule has 2 aromatic carbocycles. The molecule has 1 atom stereocenters. The van der Waals surface area contributed by atoms with Crippen molar-refractivity contribution in [3.63, 3.8) is 0 Å². The average molecular weight is 450 g/mol. The topological polar surface area (TPSA) is 88.5 Å². The molecule has 0 bridgehead atoms. The molecule has 2 N–H and O–H groups in total. The molecule has 0 saturated carbocycles. The summed E-state index contributed by atoms with van der Waals surface area (Å²) >= 11 is 1.22. The molecule has 0 spiro atoms. The number of hydrogen-bond acceptors (Lipinski definition) is 5. The number of rotatable bonds is 8. The molecule has 3 rings (SSSR count). The number of carbonyl (C=O) groups excluding carboxylic acids is 1. The van der Waals surface area contributed by atoms with Crippen molar-refractivity contribution in [3.8, 4) is 16.3 Å². The zero-order valence-corrected chi connectivity index (χ0v) is 16.7. The van der Waals surface area contributed by atoms with E-state index in [4.69, 9.17) is 0 Å². The summed E-state index contributed by atoms with van der Waals surface area (Å²) in [6.45, 7) is 0. The molecule has 10 heteroatoms. The number of aromatic nitrogens is 1. The Hall–Kier alpha value is -3.40. The maximum Gasteiger partial charge on any atom is 0.573 e. The van der Waals surface area contributed by atoms with Crippen LogP contribution in [0, 0.1) is 0 Å². The third-order valence-electron chi connectivity index (χ3n) is 4.14. The van der Waals surface area contributed by atoms with Gasteiger partial charge in [0.25, 0.3) is 0 Å². The van der Waals surface area contributed by atoms with Crippen molar-refractivity contribution in [3.05, 3.63) is 71.2 Å². The third kappa shape index (κ3) is 6.82. The fraction of sp³-hybridized carbons (Fsp3) is 0.190. The number of carboxylic acid groups (broad SMARTS) is 1. The first-order chi connectivity index (χ1) is 14.7. The Balaban J connectivity index is 1.60. The summed E-state index contributed by atoms with van der Waals surface area (Å²) in [5.41, 5.74) is 1.78. The summed E-state index contributed by atoms with van der Waals surface area (Å²) in [5, 5.41) is 14.0. The lowest BCUT2D eigenvalue weighted by Crippen LogP contribution is -2.43. The SMILES string of the molecule is O=C(Cc1csc(-c2ccc(OC(F)(F)F)cc2)n1)NC(Cc1ccccc1)C(=O)O. The lowest BCUT2D eigenvalue weighted by molar-refractivity contribution is -0.274. The highest BCUT2D eigenvalue weighted by Gasteiger charge is 2.31. The highest BCUT2D eigenvalue weighted by Crippen LogP contribution is 2.28. The maximum absolute atomic E-state index is 12.3. The quantitative estimate of drug-likeness (QED) is 0.540. The van der Waals surface area contributed by atoms with Gasteiger partial charge in [-0.1, -0.05) is 30.3 Å². The fourth-order valence-corrected chi connectivity index (χ4v) is 3.61. The van der Waals surface area contributed by atoms with Crippen molar-refractivity contribution in [1.82, 2.24) is 10.3 Å². The molecule has 0 aliphatic carbocycles. The van der Waals surface area contributed by atoms with Gasteiger partial charge < -0.3 is 15.2 Å². The van der Waals surface area contributed by atoms with E-state index in [-0.39, 0.29) is 18.6 Å². The molecular weight excluding hydrogens is 433 g/mol. The van der Waals surface area contributed by atoms with Crippen LogP contribution >= 0.6 is 11.3 Å². The van der Waals surface area contributed by atoms with Gasteiger partial charge in [0.2, 0.25) is 5.91 Å². The molecule has 162 valence electrons. The molecule has 1 heterocycles. The van der Waals surface area contributed by atoms with E-state index < -0.39 is 24.3 Å². The van der Waals surface area contributed by atoms with Crippen LogP contribution in [-0.4, -0.2) is 34.4 Å². The van der Waals surface area contributed by atoms with Crippen molar-refractivity contribution in [2.24, 2.45) is 0 Å². The van der Waals surface area contributed by atoms with Gasteiger partial charge in [0.05, 0.1) is 12.1 Å². The Labute approximate surface area is 179 Å². The molecule has 1 aromatic heterocycles. The van der Waals surface area contributed by atoms with Crippen molar-refractivity contribution in [1.29, 1.82) is 0 Å². The van der Waals surface area contributed by atoms with Gasteiger partial charge in [-0.25, -0.2) is 9.78 Å². The van der Waals surface area contributed by atoms with E-state index in [2.05, 4.69) is 15.0 Å². The van der Waals surface area contributed by atoms with Crippen LogP contribution in [0.15, 0.2) is 60.0 Å². The number of carbonyl (C=O) groups is 2. The van der Waals surface area contributed by atoms with E-state index in [1.54, 1.807) is 29.6 Å². The summed E-state index contributed by atoms with van der Waals surface area (Å²) in [4.78, 5) is 28.1. The summed E-state index contributed by atoms with van der Waals surface area (Å²) in [6, 6.07) is 13.1. The van der Waals surface area contributed by atoms with Crippen LogP contribution in [-0.2, 0) is 22.4 Å². The molecule has 0 aliphatic rings. The van der Waals surface area contributed by atoms with Crippen LogP contribution in [0.1, 0.15) is 11.3 Å². The fourth-order valence-electron chi connectivity index (χ4n) is 2.78. The number of halogens is 3. The highest BCUT2D eigenvalue weighted by molar-refractivity contribution is 7.13. The van der Waals surface area contributed by atoms with Gasteiger partial charge in [-0.05, 0) is 29.8 Å². The van der Waals surface area contributed by atoms with Crippen molar-refractivity contribution >= 4 is 23.2 Å². The lowest BCUT2D eigenvalue weighted by atomic mass is 10.1. The molecule has 6 nitrogen and oxygen atoms in total. The Bertz CT molecular complexity index is 1040. The number of hydrogen-bond donors (Lipinski definition) is 2. The third-order valence-corrected chi connectivity index (χ3v) is 5.08. The van der Waals surface area contributed by atoms with Gasteiger partial charge >= 0.3 is 12.3 Å². The number of carboxylic acids is 1. The Morgan fingerprint density at radius 3 is 2.39 bits per heavy atom. The zero-order chi connectivity index (χ0) is 22.4. The molecule has 0 saturated heterocycles. The number of thiazole rings is 1. The number of ether oxygens (including phenoxy) is 1. The number of nitrogens with one attached hydrogen (secondary N) is 1. The highest BCUT2D eigenvalue weighted by atomic mass is 32.1. The molecular formula is C21H17F3N2O4S. The van der Waals surface area contributed by atoms with Gasteiger partial charge in [0, 0.05) is 17.4 Å². The Morgan fingerprint density at radius 1 is 1.10 bits per heavy atom. The summed E-state index contributed by atoms with van der Waals surface area (Å²) in [6.07, 6.45) is -4.74. The number of aliphatic carboxylic acids is 1. The maximum atomic E-state index is 12.3. The monoisotopic (exact) mass is 450 g/mol. The second-order valence-corrected chi connectivity index (χ2v) is 7.40. The molecule has 0 fully saturated rings. The number of nitrogens with zero attached hydrogens (tertiary/aromatic N) is 1. The molecule has 1 unspecified atom stereocenters. The molecule has 0 aliphatic heterocycles. The predicted octanol–water partition coefficient (Wildman–Crippen LogP) is 4.06. The van der Waals surface area contributed by atoms with Crippen LogP contribution in [0.4, 0.5) is 13.2 Å². The van der Waals surface area contributed by atoms with E-state index in [0.717, 1.165) is 5.56 Å². The van der Waals surface area contributed by atoms with Crippen LogP contribution < -0.4 is 10.1 Å². The summed E-state index contributed by atoms with van der Waals surface area (Å²) < 4.78 is 40.6. The number of alkyl halides is 3. The Morgan fingerprint density at radius 2 is 1.77 bits per heavy atom. The van der Waals surface area contributed by atoms with Gasteiger partial charge in [-0.3, -0.25) is 4.79 Å². The van der Waals surface area contributed by atoms with Crippen LogP contribution in [0.5, 0.6) is 5.75 Å². The normalized spacial score (nSPS) is 12.2. The van der Waals surface area contributed by atoms with E-state index in [1.165, 1.54) is 35.6 Å². The molecule has 3 aromatic rings. The van der Waals surface area contributed by atoms with Gasteiger partial charge in [-0.2, -0.15) is 0 Å². The smallest absolute Gasteiger partial charge is 0.480 e. The van der Waals surface area contributed by atoms with Crippen molar-refractivity contribution in [2.45, 2.75) is 25.2 Å². The minimum atomic E-state index is -4.77. The van der Waals surface area contributed by atoms with Gasteiger partial charge in [0.1, 0.15) is 16.8 Å². The van der Waals surface area contributed by atoms with E-state index in [0.29, 0.717) is 16.3 Å². The van der Waals surface area contributed by atoms with E-state index >= 15 is 0 Å². The largest absolute Gasteiger partial charge is 0.573 e. The first kappa shape index (κ1) is 22.3. The average Bonchev–Trinajstić information content (AvgIpc) is 3.16.